The first kappa shape index (κ1) is 27.2. The number of alkyl halides is 3. The third kappa shape index (κ3) is 8.05. The molecule has 0 radical (unpaired) electrons. The predicted octanol–water partition coefficient (Wildman–Crippen LogP) is 4.23. The lowest BCUT2D eigenvalue weighted by atomic mass is 9.92. The lowest BCUT2D eigenvalue weighted by Gasteiger charge is -2.37. The van der Waals surface area contributed by atoms with Crippen LogP contribution in [0, 0.1) is 5.92 Å². The Morgan fingerprint density at radius 1 is 1.14 bits per heavy atom. The average molecular weight is 493 g/mol. The Labute approximate surface area is 205 Å². The highest BCUT2D eigenvalue weighted by Gasteiger charge is 2.34. The molecule has 0 amide bonds. The van der Waals surface area contributed by atoms with E-state index < -0.39 is 19.1 Å². The molecule has 2 aromatic carbocycles. The van der Waals surface area contributed by atoms with Crippen LogP contribution in [0.4, 0.5) is 13.2 Å². The summed E-state index contributed by atoms with van der Waals surface area (Å²) in [5.41, 5.74) is 2.68. The Bertz CT molecular complexity index is 952. The number of likely N-dealkylation sites (tertiary alicyclic amines) is 1. The van der Waals surface area contributed by atoms with Crippen LogP contribution in [0.3, 0.4) is 0 Å². The number of carbonyl (C=O) groups is 1. The van der Waals surface area contributed by atoms with Gasteiger partial charge in [0, 0.05) is 43.7 Å². The van der Waals surface area contributed by atoms with Crippen molar-refractivity contribution in [2.75, 3.05) is 46.1 Å². The van der Waals surface area contributed by atoms with Crippen molar-refractivity contribution in [2.24, 2.45) is 5.92 Å². The van der Waals surface area contributed by atoms with Crippen LogP contribution < -0.4 is 4.74 Å². The minimum atomic E-state index is -3.08. The van der Waals surface area contributed by atoms with Crippen LogP contribution in [-0.4, -0.2) is 78.7 Å². The van der Waals surface area contributed by atoms with Crippen LogP contribution in [0.2, 0.25) is 0 Å². The van der Waals surface area contributed by atoms with Crippen molar-refractivity contribution < 1.29 is 27.8 Å². The lowest BCUT2D eigenvalue weighted by Crippen LogP contribution is -2.49. The summed E-state index contributed by atoms with van der Waals surface area (Å²) in [6, 6.07) is 15.2. The largest absolute Gasteiger partial charge is 0.492 e. The summed E-state index contributed by atoms with van der Waals surface area (Å²) in [4.78, 5) is 15.3. The molecule has 192 valence electrons. The zero-order valence-electron chi connectivity index (χ0n) is 20.4. The third-order valence-electron chi connectivity index (χ3n) is 6.46. The third-order valence-corrected chi connectivity index (χ3v) is 6.46. The minimum absolute atomic E-state index is 0.00898. The van der Waals surface area contributed by atoms with E-state index in [9.17, 15) is 18.0 Å². The molecule has 2 heterocycles. The van der Waals surface area contributed by atoms with Gasteiger partial charge in [-0.1, -0.05) is 30.3 Å². The molecule has 35 heavy (non-hydrogen) atoms. The molecule has 0 aliphatic carbocycles. The Hall–Kier alpha value is -2.42. The first-order valence-corrected chi connectivity index (χ1v) is 12.0. The van der Waals surface area contributed by atoms with Gasteiger partial charge in [0.1, 0.15) is 19.0 Å². The zero-order chi connectivity index (χ0) is 25.4. The van der Waals surface area contributed by atoms with Crippen molar-refractivity contribution in [1.29, 1.82) is 0 Å². The van der Waals surface area contributed by atoms with Crippen LogP contribution in [-0.2, 0) is 13.0 Å². The van der Waals surface area contributed by atoms with Crippen molar-refractivity contribution in [1.82, 2.24) is 9.80 Å². The average Bonchev–Trinajstić information content (AvgIpc) is 2.81. The van der Waals surface area contributed by atoms with Crippen LogP contribution in [0.25, 0.3) is 0 Å². The quantitative estimate of drug-likeness (QED) is 0.531. The molecule has 1 unspecified atom stereocenters. The predicted molar refractivity (Wildman–Crippen MR) is 130 cm³/mol. The van der Waals surface area contributed by atoms with Crippen LogP contribution in [0.1, 0.15) is 35.3 Å². The number of nitrogens with zero attached hydrogens (tertiary/aromatic N) is 2. The maximum atomic E-state index is 13.3. The van der Waals surface area contributed by atoms with Gasteiger partial charge in [-0.15, -0.1) is 0 Å². The fourth-order valence-electron chi connectivity index (χ4n) is 4.34. The van der Waals surface area contributed by atoms with Gasteiger partial charge < -0.3 is 9.84 Å². The minimum Gasteiger partial charge on any atom is -0.492 e. The van der Waals surface area contributed by atoms with Crippen molar-refractivity contribution in [3.05, 3.63) is 65.2 Å². The number of halogens is 3. The summed E-state index contributed by atoms with van der Waals surface area (Å²) in [5, 5.41) is 8.69. The number of aliphatic hydroxyl groups excluding tert-OH is 1. The van der Waals surface area contributed by atoms with E-state index in [4.69, 9.17) is 9.84 Å². The van der Waals surface area contributed by atoms with E-state index >= 15 is 0 Å². The summed E-state index contributed by atoms with van der Waals surface area (Å²) in [6.45, 7) is 5.40. The Balaban J connectivity index is 0.000000203. The number of rotatable bonds is 9. The highest BCUT2D eigenvalue weighted by atomic mass is 19.3. The van der Waals surface area contributed by atoms with E-state index in [0.717, 1.165) is 36.5 Å². The highest BCUT2D eigenvalue weighted by Crippen LogP contribution is 2.27. The van der Waals surface area contributed by atoms with Gasteiger partial charge in [-0.2, -0.15) is 0 Å². The standard InChI is InChI=1S/C15H19F2NO2.C12H16FNO/c1-10-5-14-6-12(11(2)20)3-4-13(14)7-18(10)8-15(16,17)9-19;13-8-11-9-14(10-11)6-7-15-12-4-2-1-3-5-12/h3-4,6,10,19H,5,7-9H2,1-2H3;1-5,11H,6-10H2. The van der Waals surface area contributed by atoms with Crippen LogP contribution >= 0.6 is 0 Å². The van der Waals surface area contributed by atoms with Gasteiger partial charge in [-0.25, -0.2) is 8.78 Å². The molecule has 0 bridgehead atoms. The second-order valence-electron chi connectivity index (χ2n) is 9.45. The summed E-state index contributed by atoms with van der Waals surface area (Å²) in [7, 11) is 0. The number of carbonyl (C=O) groups excluding carboxylic acids is 1. The van der Waals surface area contributed by atoms with E-state index in [0.29, 0.717) is 25.1 Å². The molecule has 2 aliphatic rings. The number of Topliss-reactive ketones (excluding diaryl/α,β-unsaturated/α-hetero) is 1. The van der Waals surface area contributed by atoms with E-state index in [1.54, 1.807) is 11.0 Å². The van der Waals surface area contributed by atoms with Gasteiger partial charge in [0.2, 0.25) is 0 Å². The first-order valence-electron chi connectivity index (χ1n) is 12.0. The highest BCUT2D eigenvalue weighted by molar-refractivity contribution is 5.94. The molecular formula is C27H35F3N2O3. The lowest BCUT2D eigenvalue weighted by molar-refractivity contribution is -0.0818. The number of benzene rings is 2. The number of hydrogen-bond donors (Lipinski definition) is 1. The molecule has 2 aliphatic heterocycles. The molecule has 1 atom stereocenters. The molecule has 0 saturated carbocycles. The smallest absolute Gasteiger partial charge is 0.283 e. The van der Waals surface area contributed by atoms with Crippen molar-refractivity contribution in [3.8, 4) is 5.75 Å². The van der Waals surface area contributed by atoms with E-state index in [1.807, 2.05) is 49.4 Å². The number of para-hydroxylation sites is 1. The summed E-state index contributed by atoms with van der Waals surface area (Å²) in [5.74, 6) is -1.90. The number of aliphatic hydroxyl groups is 1. The van der Waals surface area contributed by atoms with Gasteiger partial charge in [0.15, 0.2) is 5.78 Å². The maximum absolute atomic E-state index is 13.3. The van der Waals surface area contributed by atoms with Gasteiger partial charge in [-0.05, 0) is 49.6 Å². The second kappa shape index (κ2) is 12.5. The SMILES string of the molecule is CC(=O)c1ccc2c(c1)CC(C)N(CC(F)(F)CO)C2.FCC1CN(CCOc2ccccc2)C1. The van der Waals surface area contributed by atoms with E-state index in [2.05, 4.69) is 4.90 Å². The summed E-state index contributed by atoms with van der Waals surface area (Å²) >= 11 is 0. The first-order chi connectivity index (χ1) is 16.7. The Kier molecular flexibility index (Phi) is 9.71. The number of ether oxygens (including phenoxy) is 1. The molecule has 8 heteroatoms. The fraction of sp³-hybridized carbons (Fsp3) is 0.519. The monoisotopic (exact) mass is 492 g/mol. The maximum Gasteiger partial charge on any atom is 0.283 e. The molecule has 1 N–H and O–H groups in total. The topological polar surface area (TPSA) is 53.0 Å². The Morgan fingerprint density at radius 3 is 2.49 bits per heavy atom. The Morgan fingerprint density at radius 2 is 1.86 bits per heavy atom. The van der Waals surface area contributed by atoms with Gasteiger partial charge in [-0.3, -0.25) is 19.0 Å². The van der Waals surface area contributed by atoms with E-state index in [1.165, 1.54) is 6.92 Å². The van der Waals surface area contributed by atoms with Crippen molar-refractivity contribution >= 4 is 5.78 Å². The molecule has 0 aromatic heterocycles. The molecule has 1 saturated heterocycles. The number of hydrogen-bond acceptors (Lipinski definition) is 5. The van der Waals surface area contributed by atoms with Crippen molar-refractivity contribution in [3.63, 3.8) is 0 Å². The fourth-order valence-corrected chi connectivity index (χ4v) is 4.34. The van der Waals surface area contributed by atoms with Crippen LogP contribution in [0.5, 0.6) is 5.75 Å². The normalized spacial score (nSPS) is 18.7. The summed E-state index contributed by atoms with van der Waals surface area (Å²) < 4.78 is 44.3. The molecule has 2 aromatic rings. The molecular weight excluding hydrogens is 457 g/mol. The number of fused-ring (bicyclic) bond motifs is 1. The molecule has 1 fully saturated rings. The van der Waals surface area contributed by atoms with Crippen LogP contribution in [0.15, 0.2) is 48.5 Å². The van der Waals surface area contributed by atoms with Gasteiger partial charge >= 0.3 is 0 Å². The van der Waals surface area contributed by atoms with Gasteiger partial charge in [0.25, 0.3) is 5.92 Å². The number of ketones is 1. The molecule has 0 spiro atoms. The molecule has 4 rings (SSSR count). The molecule has 5 nitrogen and oxygen atoms in total. The van der Waals surface area contributed by atoms with Gasteiger partial charge in [0.05, 0.1) is 13.2 Å². The zero-order valence-corrected chi connectivity index (χ0v) is 20.4. The second-order valence-corrected chi connectivity index (χ2v) is 9.45. The summed E-state index contributed by atoms with van der Waals surface area (Å²) in [6.07, 6.45) is 0.637. The van der Waals surface area contributed by atoms with E-state index in [-0.39, 0.29) is 24.4 Å². The van der Waals surface area contributed by atoms with Crippen molar-refractivity contribution in [2.45, 2.75) is 38.8 Å².